The van der Waals surface area contributed by atoms with Crippen molar-refractivity contribution in [1.82, 2.24) is 13.5 Å². The molecule has 2 fully saturated rings. The zero-order valence-electron chi connectivity index (χ0n) is 15.2. The molecule has 0 aromatic rings. The van der Waals surface area contributed by atoms with Gasteiger partial charge >= 0.3 is 0 Å². The van der Waals surface area contributed by atoms with Crippen LogP contribution in [0.25, 0.3) is 0 Å². The average Bonchev–Trinajstić information content (AvgIpc) is 2.60. The van der Waals surface area contributed by atoms with E-state index in [0.717, 1.165) is 58.2 Å². The van der Waals surface area contributed by atoms with Gasteiger partial charge in [0, 0.05) is 32.7 Å². The summed E-state index contributed by atoms with van der Waals surface area (Å²) < 4.78 is 29.1. The molecule has 0 spiro atoms. The molecule has 0 aromatic heterocycles. The molecule has 0 aromatic carbocycles. The maximum Gasteiger partial charge on any atom is 0.281 e. The normalized spacial score (nSPS) is 23.0. The van der Waals surface area contributed by atoms with E-state index in [1.807, 2.05) is 0 Å². The van der Waals surface area contributed by atoms with Gasteiger partial charge in [0.1, 0.15) is 0 Å². The molecular formula is C17H35N3O2S. The summed E-state index contributed by atoms with van der Waals surface area (Å²) in [6.45, 7) is 9.04. The summed E-state index contributed by atoms with van der Waals surface area (Å²) in [6.07, 6.45) is 7.61. The molecule has 5 nitrogen and oxygen atoms in total. The average molecular weight is 346 g/mol. The summed E-state index contributed by atoms with van der Waals surface area (Å²) in [6, 6.07) is 0.210. The van der Waals surface area contributed by atoms with Crippen molar-refractivity contribution in [3.63, 3.8) is 0 Å². The second kappa shape index (κ2) is 8.79. The largest absolute Gasteiger partial charge is 0.304 e. The minimum Gasteiger partial charge on any atom is -0.304 e. The van der Waals surface area contributed by atoms with Gasteiger partial charge in [-0.2, -0.15) is 17.0 Å². The third-order valence-corrected chi connectivity index (χ3v) is 7.81. The molecule has 1 saturated heterocycles. The lowest BCUT2D eigenvalue weighted by Crippen LogP contribution is -2.50. The van der Waals surface area contributed by atoms with Gasteiger partial charge in [0.05, 0.1) is 0 Å². The molecule has 2 rings (SSSR count). The molecule has 0 bridgehead atoms. The lowest BCUT2D eigenvalue weighted by molar-refractivity contribution is 0.184. The first-order valence-corrected chi connectivity index (χ1v) is 10.8. The third kappa shape index (κ3) is 4.91. The number of hydrogen-bond acceptors (Lipinski definition) is 3. The molecule has 1 saturated carbocycles. The number of nitrogens with zero attached hydrogens (tertiary/aromatic N) is 3. The summed E-state index contributed by atoms with van der Waals surface area (Å²) >= 11 is 0. The molecule has 2 aliphatic rings. The molecule has 0 unspecified atom stereocenters. The van der Waals surface area contributed by atoms with Gasteiger partial charge in [-0.15, -0.1) is 0 Å². The molecule has 6 heteroatoms. The molecule has 0 N–H and O–H groups in total. The van der Waals surface area contributed by atoms with Gasteiger partial charge in [0.15, 0.2) is 0 Å². The van der Waals surface area contributed by atoms with Crippen LogP contribution in [0.15, 0.2) is 0 Å². The van der Waals surface area contributed by atoms with Gasteiger partial charge in [0.25, 0.3) is 10.2 Å². The Bertz CT molecular complexity index is 437. The van der Waals surface area contributed by atoms with E-state index in [9.17, 15) is 8.42 Å². The predicted molar refractivity (Wildman–Crippen MR) is 95.6 cm³/mol. The molecule has 1 aliphatic heterocycles. The van der Waals surface area contributed by atoms with Gasteiger partial charge in [0.2, 0.25) is 0 Å². The van der Waals surface area contributed by atoms with Crippen LogP contribution in [0.4, 0.5) is 0 Å². The summed E-state index contributed by atoms with van der Waals surface area (Å²) in [5.74, 6) is 0.640. The van der Waals surface area contributed by atoms with E-state index >= 15 is 0 Å². The van der Waals surface area contributed by atoms with Crippen LogP contribution >= 0.6 is 0 Å². The molecule has 1 aliphatic carbocycles. The predicted octanol–water partition coefficient (Wildman–Crippen LogP) is 2.55. The standard InChI is InChI=1S/C17H35N3O2S/c1-4-19(5-2)15-16-11-13-20(14-12-16)23(21,22)18(3)17-9-7-6-8-10-17/h16-17H,4-15H2,1-3H3. The van der Waals surface area contributed by atoms with Gasteiger partial charge < -0.3 is 4.90 Å². The summed E-state index contributed by atoms with van der Waals surface area (Å²) in [5.41, 5.74) is 0. The van der Waals surface area contributed by atoms with E-state index in [2.05, 4.69) is 18.7 Å². The van der Waals surface area contributed by atoms with E-state index in [1.165, 1.54) is 6.42 Å². The number of hydrogen-bond donors (Lipinski definition) is 0. The summed E-state index contributed by atoms with van der Waals surface area (Å²) in [5, 5.41) is 0. The Kier molecular flexibility index (Phi) is 7.32. The van der Waals surface area contributed by atoms with Crippen LogP contribution in [0.2, 0.25) is 0 Å². The number of rotatable bonds is 7. The molecule has 0 amide bonds. The first kappa shape index (κ1) is 19.2. The number of piperidine rings is 1. The maximum atomic E-state index is 12.9. The van der Waals surface area contributed by atoms with Crippen molar-refractivity contribution in [2.24, 2.45) is 5.92 Å². The van der Waals surface area contributed by atoms with Crippen molar-refractivity contribution < 1.29 is 8.42 Å². The molecule has 1 heterocycles. The van der Waals surface area contributed by atoms with Crippen molar-refractivity contribution in [1.29, 1.82) is 0 Å². The molecule has 0 radical (unpaired) electrons. The van der Waals surface area contributed by atoms with Gasteiger partial charge in [-0.3, -0.25) is 0 Å². The zero-order valence-corrected chi connectivity index (χ0v) is 16.0. The van der Waals surface area contributed by atoms with Crippen LogP contribution < -0.4 is 0 Å². The SMILES string of the molecule is CCN(CC)CC1CCN(S(=O)(=O)N(C)C2CCCCC2)CC1. The Labute approximate surface area is 143 Å². The fourth-order valence-electron chi connectivity index (χ4n) is 3.98. The summed E-state index contributed by atoms with van der Waals surface area (Å²) in [4.78, 5) is 2.45. The van der Waals surface area contributed by atoms with Crippen LogP contribution in [0.5, 0.6) is 0 Å². The van der Waals surface area contributed by atoms with E-state index in [4.69, 9.17) is 0 Å². The zero-order chi connectivity index (χ0) is 16.9. The van der Waals surface area contributed by atoms with E-state index in [0.29, 0.717) is 19.0 Å². The van der Waals surface area contributed by atoms with Crippen LogP contribution in [0, 0.1) is 5.92 Å². The second-order valence-electron chi connectivity index (χ2n) is 7.14. The van der Waals surface area contributed by atoms with Crippen LogP contribution in [-0.4, -0.2) is 67.7 Å². The smallest absolute Gasteiger partial charge is 0.281 e. The lowest BCUT2D eigenvalue weighted by Gasteiger charge is -2.38. The quantitative estimate of drug-likeness (QED) is 0.712. The molecule has 23 heavy (non-hydrogen) atoms. The maximum absolute atomic E-state index is 12.9. The third-order valence-electron chi connectivity index (χ3n) is 5.76. The Morgan fingerprint density at radius 1 is 0.957 bits per heavy atom. The van der Waals surface area contributed by atoms with Crippen molar-refractivity contribution in [2.45, 2.75) is 64.8 Å². The Morgan fingerprint density at radius 2 is 1.52 bits per heavy atom. The Balaban J connectivity index is 1.87. The highest BCUT2D eigenvalue weighted by atomic mass is 32.2. The highest BCUT2D eigenvalue weighted by Gasteiger charge is 2.35. The minimum absolute atomic E-state index is 0.210. The van der Waals surface area contributed by atoms with Crippen molar-refractivity contribution in [2.75, 3.05) is 39.8 Å². The van der Waals surface area contributed by atoms with Gasteiger partial charge in [-0.1, -0.05) is 33.1 Å². The molecule has 136 valence electrons. The minimum atomic E-state index is -3.27. The Morgan fingerprint density at radius 3 is 2.04 bits per heavy atom. The first-order valence-electron chi connectivity index (χ1n) is 9.44. The highest BCUT2D eigenvalue weighted by Crippen LogP contribution is 2.27. The van der Waals surface area contributed by atoms with E-state index < -0.39 is 10.2 Å². The Hall–Kier alpha value is -0.170. The monoisotopic (exact) mass is 345 g/mol. The molecule has 0 atom stereocenters. The molecular weight excluding hydrogens is 310 g/mol. The van der Waals surface area contributed by atoms with Crippen molar-refractivity contribution in [3.8, 4) is 0 Å². The van der Waals surface area contributed by atoms with E-state index in [1.54, 1.807) is 15.7 Å². The van der Waals surface area contributed by atoms with Crippen LogP contribution in [0.3, 0.4) is 0 Å². The fraction of sp³-hybridized carbons (Fsp3) is 1.00. The lowest BCUT2D eigenvalue weighted by atomic mass is 9.96. The summed E-state index contributed by atoms with van der Waals surface area (Å²) in [7, 11) is -1.49. The van der Waals surface area contributed by atoms with Gasteiger partial charge in [-0.05, 0) is 44.7 Å². The fourth-order valence-corrected chi connectivity index (χ4v) is 5.61. The van der Waals surface area contributed by atoms with Gasteiger partial charge in [-0.25, -0.2) is 0 Å². The van der Waals surface area contributed by atoms with Crippen molar-refractivity contribution in [3.05, 3.63) is 0 Å². The first-order chi connectivity index (χ1) is 11.0. The topological polar surface area (TPSA) is 43.9 Å². The van der Waals surface area contributed by atoms with Crippen molar-refractivity contribution >= 4 is 10.2 Å². The van der Waals surface area contributed by atoms with Crippen LogP contribution in [-0.2, 0) is 10.2 Å². The second-order valence-corrected chi connectivity index (χ2v) is 9.13. The van der Waals surface area contributed by atoms with Crippen LogP contribution in [0.1, 0.15) is 58.8 Å². The van der Waals surface area contributed by atoms with E-state index in [-0.39, 0.29) is 6.04 Å². The highest BCUT2D eigenvalue weighted by molar-refractivity contribution is 7.86.